The summed E-state index contributed by atoms with van der Waals surface area (Å²) in [6.07, 6.45) is 0. The fourth-order valence-corrected chi connectivity index (χ4v) is 2.46. The maximum atomic E-state index is 11.2. The molecule has 0 aliphatic carbocycles. The van der Waals surface area contributed by atoms with Gasteiger partial charge in [0.15, 0.2) is 0 Å². The smallest absolute Gasteiger partial charge is 0.238 e. The highest BCUT2D eigenvalue weighted by atomic mass is 35.5. The molecule has 0 saturated heterocycles. The quantitative estimate of drug-likeness (QED) is 0.946. The molecule has 0 unspecified atom stereocenters. The van der Waals surface area contributed by atoms with Crippen LogP contribution in [0.1, 0.15) is 0 Å². The summed E-state index contributed by atoms with van der Waals surface area (Å²) in [7, 11) is -2.17. The van der Waals surface area contributed by atoms with Gasteiger partial charge in [0.1, 0.15) is 5.75 Å². The third kappa shape index (κ3) is 2.89. The molecular formula is C13H11ClNO3S. The molecule has 2 aromatic carbocycles. The van der Waals surface area contributed by atoms with Crippen molar-refractivity contribution in [3.8, 4) is 16.9 Å². The zero-order valence-corrected chi connectivity index (χ0v) is 11.6. The molecule has 0 aromatic heterocycles. The zero-order valence-electron chi connectivity index (χ0n) is 10.1. The molecule has 2 rings (SSSR count). The third-order valence-electron chi connectivity index (χ3n) is 2.59. The predicted molar refractivity (Wildman–Crippen MR) is 73.6 cm³/mol. The number of primary sulfonamides is 1. The van der Waals surface area contributed by atoms with Crippen LogP contribution in [-0.2, 0) is 10.0 Å². The van der Waals surface area contributed by atoms with Crippen molar-refractivity contribution in [2.45, 2.75) is 4.90 Å². The van der Waals surface area contributed by atoms with Crippen LogP contribution in [0.5, 0.6) is 5.75 Å². The number of methoxy groups -OCH3 is 1. The van der Waals surface area contributed by atoms with Crippen molar-refractivity contribution in [3.05, 3.63) is 47.5 Å². The minimum Gasteiger partial charge on any atom is -0.495 e. The number of rotatable bonds is 3. The van der Waals surface area contributed by atoms with Crippen LogP contribution in [0, 0.1) is 6.07 Å². The standard InChI is InChI=1S/C13H11ClNO3S/c1-18-12-4-2-3-11(13(12)14)9-5-7-10(8-6-9)19(15,16)17/h2,4-8H,1H3,(H2,15,16,17). The first-order chi connectivity index (χ1) is 8.93. The Morgan fingerprint density at radius 1 is 1.21 bits per heavy atom. The number of nitrogens with two attached hydrogens (primary N) is 1. The second-order valence-electron chi connectivity index (χ2n) is 3.80. The number of benzene rings is 2. The number of hydrogen-bond donors (Lipinski definition) is 1. The van der Waals surface area contributed by atoms with Crippen molar-refractivity contribution in [2.75, 3.05) is 7.11 Å². The van der Waals surface area contributed by atoms with Crippen LogP contribution < -0.4 is 9.88 Å². The van der Waals surface area contributed by atoms with Crippen LogP contribution in [0.25, 0.3) is 11.1 Å². The molecule has 19 heavy (non-hydrogen) atoms. The van der Waals surface area contributed by atoms with E-state index in [1.807, 2.05) is 0 Å². The molecule has 0 amide bonds. The molecule has 0 fully saturated rings. The van der Waals surface area contributed by atoms with E-state index in [-0.39, 0.29) is 4.90 Å². The number of hydrogen-bond acceptors (Lipinski definition) is 3. The monoisotopic (exact) mass is 296 g/mol. The van der Waals surface area contributed by atoms with Gasteiger partial charge in [0.25, 0.3) is 0 Å². The summed E-state index contributed by atoms with van der Waals surface area (Å²) in [5.74, 6) is 0.533. The van der Waals surface area contributed by atoms with Crippen LogP contribution in [0.15, 0.2) is 41.3 Å². The van der Waals surface area contributed by atoms with E-state index in [0.717, 1.165) is 5.56 Å². The minimum absolute atomic E-state index is 0.0512. The minimum atomic E-state index is -3.69. The SMILES string of the molecule is COc1cc[c]c(-c2ccc(S(N)(=O)=O)cc2)c1Cl. The van der Waals surface area contributed by atoms with Crippen molar-refractivity contribution >= 4 is 21.6 Å². The fourth-order valence-electron chi connectivity index (χ4n) is 1.64. The summed E-state index contributed by atoms with van der Waals surface area (Å²) in [6.45, 7) is 0. The average Bonchev–Trinajstić information content (AvgIpc) is 2.38. The van der Waals surface area contributed by atoms with Crippen LogP contribution in [0.2, 0.25) is 5.02 Å². The van der Waals surface area contributed by atoms with Crippen molar-refractivity contribution in [1.82, 2.24) is 0 Å². The molecule has 0 aliphatic heterocycles. The fraction of sp³-hybridized carbons (Fsp3) is 0.0769. The molecule has 2 N–H and O–H groups in total. The highest BCUT2D eigenvalue weighted by molar-refractivity contribution is 7.89. The zero-order chi connectivity index (χ0) is 14.0. The topological polar surface area (TPSA) is 69.4 Å². The van der Waals surface area contributed by atoms with E-state index in [9.17, 15) is 8.42 Å². The highest BCUT2D eigenvalue weighted by Gasteiger charge is 2.11. The lowest BCUT2D eigenvalue weighted by molar-refractivity contribution is 0.415. The number of halogens is 1. The molecule has 4 nitrogen and oxygen atoms in total. The van der Waals surface area contributed by atoms with Crippen LogP contribution in [0.4, 0.5) is 0 Å². The molecule has 99 valence electrons. The molecule has 0 spiro atoms. The molecular weight excluding hydrogens is 286 g/mol. The summed E-state index contributed by atoms with van der Waals surface area (Å²) >= 11 is 6.17. The Morgan fingerprint density at radius 2 is 1.84 bits per heavy atom. The van der Waals surface area contributed by atoms with Gasteiger partial charge in [-0.1, -0.05) is 23.7 Å². The van der Waals surface area contributed by atoms with Gasteiger partial charge < -0.3 is 4.74 Å². The van der Waals surface area contributed by atoms with E-state index < -0.39 is 10.0 Å². The van der Waals surface area contributed by atoms with Crippen LogP contribution in [0.3, 0.4) is 0 Å². The molecule has 6 heteroatoms. The van der Waals surface area contributed by atoms with Gasteiger partial charge in [-0.3, -0.25) is 0 Å². The van der Waals surface area contributed by atoms with E-state index in [1.54, 1.807) is 24.3 Å². The summed E-state index contributed by atoms with van der Waals surface area (Å²) < 4.78 is 27.5. The Kier molecular flexibility index (Phi) is 3.80. The maximum absolute atomic E-state index is 11.2. The summed E-state index contributed by atoms with van der Waals surface area (Å²) in [5.41, 5.74) is 1.37. The largest absolute Gasteiger partial charge is 0.495 e. The van der Waals surface area contributed by atoms with Gasteiger partial charge in [-0.25, -0.2) is 13.6 Å². The lowest BCUT2D eigenvalue weighted by Gasteiger charge is -2.08. The van der Waals surface area contributed by atoms with E-state index in [1.165, 1.54) is 19.2 Å². The number of sulfonamides is 1. The van der Waals surface area contributed by atoms with Gasteiger partial charge in [0.05, 0.1) is 17.0 Å². The first kappa shape index (κ1) is 13.9. The molecule has 0 heterocycles. The Bertz CT molecular complexity index is 696. The highest BCUT2D eigenvalue weighted by Crippen LogP contribution is 2.34. The Labute approximate surface area is 116 Å². The first-order valence-corrected chi connectivity index (χ1v) is 7.23. The first-order valence-electron chi connectivity index (χ1n) is 5.31. The van der Waals surface area contributed by atoms with Crippen LogP contribution in [-0.4, -0.2) is 15.5 Å². The Balaban J connectivity index is 2.49. The van der Waals surface area contributed by atoms with Gasteiger partial charge in [-0.2, -0.15) is 0 Å². The Morgan fingerprint density at radius 3 is 2.37 bits per heavy atom. The van der Waals surface area contributed by atoms with Gasteiger partial charge in [0.2, 0.25) is 10.0 Å². The lowest BCUT2D eigenvalue weighted by atomic mass is 10.1. The van der Waals surface area contributed by atoms with Crippen molar-refractivity contribution < 1.29 is 13.2 Å². The summed E-state index contributed by atoms with van der Waals surface area (Å²) in [5, 5.41) is 5.46. The summed E-state index contributed by atoms with van der Waals surface area (Å²) in [6, 6.07) is 12.5. The Hall–Kier alpha value is -1.56. The van der Waals surface area contributed by atoms with Gasteiger partial charge in [-0.15, -0.1) is 0 Å². The predicted octanol–water partition coefficient (Wildman–Crippen LogP) is 2.46. The van der Waals surface area contributed by atoms with Crippen molar-refractivity contribution in [3.63, 3.8) is 0 Å². The second kappa shape index (κ2) is 5.21. The molecule has 0 bridgehead atoms. The van der Waals surface area contributed by atoms with Crippen molar-refractivity contribution in [1.29, 1.82) is 0 Å². The van der Waals surface area contributed by atoms with E-state index in [4.69, 9.17) is 21.5 Å². The average molecular weight is 297 g/mol. The second-order valence-corrected chi connectivity index (χ2v) is 5.74. The van der Waals surface area contributed by atoms with Crippen molar-refractivity contribution in [2.24, 2.45) is 5.14 Å². The molecule has 2 aromatic rings. The molecule has 1 radical (unpaired) electrons. The van der Waals surface area contributed by atoms with Crippen LogP contribution >= 0.6 is 11.6 Å². The molecule has 0 aliphatic rings. The third-order valence-corrected chi connectivity index (χ3v) is 3.89. The summed E-state index contributed by atoms with van der Waals surface area (Å²) in [4.78, 5) is 0.0512. The van der Waals surface area contributed by atoms with E-state index >= 15 is 0 Å². The molecule has 0 saturated carbocycles. The van der Waals surface area contributed by atoms with Gasteiger partial charge in [0, 0.05) is 5.56 Å². The molecule has 0 atom stereocenters. The van der Waals surface area contributed by atoms with E-state index in [2.05, 4.69) is 6.07 Å². The van der Waals surface area contributed by atoms with E-state index in [0.29, 0.717) is 16.3 Å². The van der Waals surface area contributed by atoms with Gasteiger partial charge in [-0.05, 0) is 35.9 Å². The lowest BCUT2D eigenvalue weighted by Crippen LogP contribution is -2.11. The van der Waals surface area contributed by atoms with Gasteiger partial charge >= 0.3 is 0 Å². The normalized spacial score (nSPS) is 11.3. The maximum Gasteiger partial charge on any atom is 0.238 e. The number of ether oxygens (including phenoxy) is 1.